The molecule has 0 aromatic carbocycles. The summed E-state index contributed by atoms with van der Waals surface area (Å²) < 4.78 is 61.5. The second-order valence-corrected chi connectivity index (χ2v) is 10.0. The largest absolute Gasteiger partial charge is 0.511 e. The molecular formula is C17H29F3N4O2S. The minimum atomic E-state index is -5.22. The van der Waals surface area contributed by atoms with E-state index in [0.717, 1.165) is 19.0 Å². The van der Waals surface area contributed by atoms with E-state index < -0.39 is 15.5 Å². The first-order chi connectivity index (χ1) is 12.7. The molecular weight excluding hydrogens is 381 g/mol. The van der Waals surface area contributed by atoms with Crippen molar-refractivity contribution in [3.8, 4) is 0 Å². The summed E-state index contributed by atoms with van der Waals surface area (Å²) in [5.41, 5.74) is -4.78. The van der Waals surface area contributed by atoms with Crippen molar-refractivity contribution in [1.82, 2.24) is 14.5 Å². The quantitative estimate of drug-likeness (QED) is 0.573. The number of alkyl halides is 3. The minimum absolute atomic E-state index is 0.0837. The number of guanidine groups is 1. The van der Waals surface area contributed by atoms with Crippen molar-refractivity contribution in [1.29, 1.82) is 0 Å². The summed E-state index contributed by atoms with van der Waals surface area (Å²) in [6, 6.07) is 0. The Morgan fingerprint density at radius 3 is 2.33 bits per heavy atom. The van der Waals surface area contributed by atoms with Crippen molar-refractivity contribution in [2.45, 2.75) is 50.5 Å². The molecule has 0 amide bonds. The first kappa shape index (κ1) is 20.7. The van der Waals surface area contributed by atoms with Crippen LogP contribution in [0.1, 0.15) is 44.9 Å². The van der Waals surface area contributed by atoms with E-state index in [9.17, 15) is 21.6 Å². The standard InChI is InChI=1S/C17H29F3N4O2S/c1-21-15(23-11-8-16(13-23)6-2-3-7-16)22-12-14-4-9-24(10-5-14)27(25,26)17(18,19)20/h14H,2-13H2,1H3,(H,21,22). The van der Waals surface area contributed by atoms with Crippen LogP contribution in [0.4, 0.5) is 13.2 Å². The molecule has 2 aliphatic heterocycles. The normalized spacial score (nSPS) is 25.5. The predicted octanol–water partition coefficient (Wildman–Crippen LogP) is 2.39. The van der Waals surface area contributed by atoms with E-state index in [2.05, 4.69) is 15.2 Å². The van der Waals surface area contributed by atoms with Gasteiger partial charge in [0.15, 0.2) is 5.96 Å². The Hall–Kier alpha value is -1.03. The summed E-state index contributed by atoms with van der Waals surface area (Å²) in [5.74, 6) is 0.994. The molecule has 156 valence electrons. The molecule has 1 N–H and O–H groups in total. The van der Waals surface area contributed by atoms with E-state index in [4.69, 9.17) is 0 Å². The third kappa shape index (κ3) is 4.36. The van der Waals surface area contributed by atoms with Crippen molar-refractivity contribution in [2.24, 2.45) is 16.3 Å². The van der Waals surface area contributed by atoms with Gasteiger partial charge in [-0.2, -0.15) is 17.5 Å². The zero-order valence-corrected chi connectivity index (χ0v) is 16.6. The van der Waals surface area contributed by atoms with Gasteiger partial charge in [0, 0.05) is 39.8 Å². The number of rotatable bonds is 3. The Labute approximate surface area is 159 Å². The Bertz CT molecular complexity index is 652. The fraction of sp³-hybridized carbons (Fsp3) is 0.941. The van der Waals surface area contributed by atoms with Crippen molar-refractivity contribution in [3.05, 3.63) is 0 Å². The highest BCUT2D eigenvalue weighted by molar-refractivity contribution is 7.90. The van der Waals surface area contributed by atoms with Crippen LogP contribution in [0.3, 0.4) is 0 Å². The minimum Gasteiger partial charge on any atom is -0.356 e. The Morgan fingerprint density at radius 1 is 1.15 bits per heavy atom. The highest BCUT2D eigenvalue weighted by atomic mass is 32.2. The molecule has 10 heteroatoms. The van der Waals surface area contributed by atoms with Crippen LogP contribution in [-0.4, -0.2) is 68.9 Å². The van der Waals surface area contributed by atoms with Gasteiger partial charge in [-0.05, 0) is 43.4 Å². The third-order valence-electron chi connectivity index (χ3n) is 6.37. The number of hydrogen-bond acceptors (Lipinski definition) is 3. The molecule has 1 spiro atoms. The summed E-state index contributed by atoms with van der Waals surface area (Å²) in [6.07, 6.45) is 7.21. The first-order valence-electron chi connectivity index (χ1n) is 9.69. The zero-order valence-electron chi connectivity index (χ0n) is 15.8. The lowest BCUT2D eigenvalue weighted by atomic mass is 9.86. The number of nitrogens with one attached hydrogen (secondary N) is 1. The van der Waals surface area contributed by atoms with Gasteiger partial charge < -0.3 is 10.2 Å². The SMILES string of the molecule is CN=C(NCC1CCN(S(=O)(=O)C(F)(F)F)CC1)N1CCC2(CCCC2)C1. The molecule has 0 atom stereocenters. The maximum absolute atomic E-state index is 12.6. The fourth-order valence-corrected chi connectivity index (χ4v) is 5.70. The highest BCUT2D eigenvalue weighted by Crippen LogP contribution is 2.45. The van der Waals surface area contributed by atoms with E-state index in [1.807, 2.05) is 0 Å². The smallest absolute Gasteiger partial charge is 0.356 e. The van der Waals surface area contributed by atoms with Gasteiger partial charge in [-0.3, -0.25) is 4.99 Å². The van der Waals surface area contributed by atoms with Crippen LogP contribution in [0.2, 0.25) is 0 Å². The number of piperidine rings is 1. The van der Waals surface area contributed by atoms with E-state index in [-0.39, 0.29) is 19.0 Å². The van der Waals surface area contributed by atoms with Crippen LogP contribution >= 0.6 is 0 Å². The molecule has 0 aromatic rings. The van der Waals surface area contributed by atoms with Crippen LogP contribution in [0.15, 0.2) is 4.99 Å². The first-order valence-corrected chi connectivity index (χ1v) is 11.1. The molecule has 2 saturated heterocycles. The van der Waals surface area contributed by atoms with Gasteiger partial charge in [0.25, 0.3) is 0 Å². The van der Waals surface area contributed by atoms with E-state index in [1.54, 1.807) is 7.05 Å². The van der Waals surface area contributed by atoms with E-state index in [1.165, 1.54) is 32.1 Å². The summed E-state index contributed by atoms with van der Waals surface area (Å²) in [5, 5.41) is 3.36. The number of hydrogen-bond donors (Lipinski definition) is 1. The molecule has 2 heterocycles. The van der Waals surface area contributed by atoms with Gasteiger partial charge in [-0.1, -0.05) is 12.8 Å². The summed E-state index contributed by atoms with van der Waals surface area (Å²) in [7, 11) is -3.45. The van der Waals surface area contributed by atoms with E-state index in [0.29, 0.717) is 29.1 Å². The maximum Gasteiger partial charge on any atom is 0.511 e. The van der Waals surface area contributed by atoms with Crippen molar-refractivity contribution >= 4 is 16.0 Å². The van der Waals surface area contributed by atoms with Crippen LogP contribution < -0.4 is 5.32 Å². The summed E-state index contributed by atoms with van der Waals surface area (Å²) in [4.78, 5) is 6.66. The van der Waals surface area contributed by atoms with Crippen molar-refractivity contribution in [2.75, 3.05) is 39.8 Å². The number of aliphatic imine (C=N–C) groups is 1. The lowest BCUT2D eigenvalue weighted by Crippen LogP contribution is -2.47. The monoisotopic (exact) mass is 410 g/mol. The Balaban J connectivity index is 1.47. The summed E-state index contributed by atoms with van der Waals surface area (Å²) >= 11 is 0. The fourth-order valence-electron chi connectivity index (χ4n) is 4.72. The van der Waals surface area contributed by atoms with Gasteiger partial charge in [0.2, 0.25) is 0 Å². The third-order valence-corrected chi connectivity index (χ3v) is 8.00. The lowest BCUT2D eigenvalue weighted by Gasteiger charge is -2.32. The predicted molar refractivity (Wildman–Crippen MR) is 97.7 cm³/mol. The van der Waals surface area contributed by atoms with Gasteiger partial charge in [-0.15, -0.1) is 0 Å². The lowest BCUT2D eigenvalue weighted by molar-refractivity contribution is -0.0496. The molecule has 3 aliphatic rings. The van der Waals surface area contributed by atoms with Crippen LogP contribution in [0.5, 0.6) is 0 Å². The molecule has 3 fully saturated rings. The van der Waals surface area contributed by atoms with E-state index >= 15 is 0 Å². The molecule has 0 bridgehead atoms. The molecule has 3 rings (SSSR count). The molecule has 0 radical (unpaired) electrons. The number of sulfonamides is 1. The Morgan fingerprint density at radius 2 is 1.78 bits per heavy atom. The average molecular weight is 411 g/mol. The van der Waals surface area contributed by atoms with Gasteiger partial charge in [0.1, 0.15) is 0 Å². The molecule has 6 nitrogen and oxygen atoms in total. The molecule has 0 aromatic heterocycles. The zero-order chi connectivity index (χ0) is 19.7. The van der Waals surface area contributed by atoms with Crippen LogP contribution in [0.25, 0.3) is 0 Å². The van der Waals surface area contributed by atoms with Crippen molar-refractivity contribution < 1.29 is 21.6 Å². The molecule has 0 unspecified atom stereocenters. The van der Waals surface area contributed by atoms with Gasteiger partial charge >= 0.3 is 15.5 Å². The highest BCUT2D eigenvalue weighted by Gasteiger charge is 2.50. The molecule has 1 aliphatic carbocycles. The second kappa shape index (κ2) is 7.77. The molecule has 1 saturated carbocycles. The Kier molecular flexibility index (Phi) is 5.96. The molecule has 27 heavy (non-hydrogen) atoms. The number of halogens is 3. The number of likely N-dealkylation sites (tertiary alicyclic amines) is 1. The second-order valence-electron chi connectivity index (χ2n) is 8.10. The van der Waals surface area contributed by atoms with Crippen LogP contribution in [-0.2, 0) is 10.0 Å². The average Bonchev–Trinajstić information content (AvgIpc) is 3.25. The van der Waals surface area contributed by atoms with Crippen molar-refractivity contribution in [3.63, 3.8) is 0 Å². The van der Waals surface area contributed by atoms with Gasteiger partial charge in [0.05, 0.1) is 0 Å². The number of nitrogens with zero attached hydrogens (tertiary/aromatic N) is 3. The summed E-state index contributed by atoms with van der Waals surface area (Å²) in [6.45, 7) is 2.45. The van der Waals surface area contributed by atoms with Gasteiger partial charge in [-0.25, -0.2) is 8.42 Å². The maximum atomic E-state index is 12.6. The van der Waals surface area contributed by atoms with Crippen LogP contribution in [0, 0.1) is 11.3 Å². The topological polar surface area (TPSA) is 65.0 Å².